The first-order valence-corrected chi connectivity index (χ1v) is 7.32. The molecule has 124 valence electrons. The van der Waals surface area contributed by atoms with Crippen LogP contribution >= 0.6 is 24.8 Å². The molecule has 3 rings (SSSR count). The number of rotatable bonds is 2. The van der Waals surface area contributed by atoms with Gasteiger partial charge in [-0.15, -0.1) is 24.8 Å². The Balaban J connectivity index is 0.00000121. The number of amides is 1. The van der Waals surface area contributed by atoms with E-state index in [1.807, 2.05) is 24.3 Å². The number of aliphatic hydroxyl groups is 1. The van der Waals surface area contributed by atoms with E-state index >= 15 is 0 Å². The Hall–Kier alpha value is -1.01. The number of anilines is 1. The van der Waals surface area contributed by atoms with Crippen molar-refractivity contribution < 1.29 is 9.90 Å². The number of hydrogen-bond donors (Lipinski definition) is 2. The summed E-state index contributed by atoms with van der Waals surface area (Å²) in [6, 6.07) is 7.79. The van der Waals surface area contributed by atoms with Gasteiger partial charge in [-0.05, 0) is 43.5 Å². The van der Waals surface area contributed by atoms with E-state index in [0.29, 0.717) is 0 Å². The summed E-state index contributed by atoms with van der Waals surface area (Å²) < 4.78 is 0. The predicted octanol–water partition coefficient (Wildman–Crippen LogP) is 1.84. The lowest BCUT2D eigenvalue weighted by atomic mass is 10.1. The van der Waals surface area contributed by atoms with E-state index < -0.39 is 0 Å². The number of nitrogens with one attached hydrogen (secondary N) is 1. The lowest BCUT2D eigenvalue weighted by Gasteiger charge is -2.31. The van der Waals surface area contributed by atoms with E-state index in [9.17, 15) is 9.90 Å². The van der Waals surface area contributed by atoms with Gasteiger partial charge >= 0.3 is 0 Å². The standard InChI is InChI=1S/C15H21N3O2.2ClH/c19-14-6-10-17(11-7-14)13-4-2-12(3-5-13)15(20)18-9-1-8-16-18;;/h2-5,14,16,19H,1,6-11H2;2*1H. The Morgan fingerprint density at radius 3 is 2.27 bits per heavy atom. The van der Waals surface area contributed by atoms with Crippen LogP contribution in [0.3, 0.4) is 0 Å². The summed E-state index contributed by atoms with van der Waals surface area (Å²) in [4.78, 5) is 14.5. The smallest absolute Gasteiger partial charge is 0.267 e. The number of benzene rings is 1. The first-order chi connectivity index (χ1) is 9.74. The van der Waals surface area contributed by atoms with Gasteiger partial charge in [0.1, 0.15) is 0 Å². The molecule has 2 N–H and O–H groups in total. The molecule has 2 aliphatic heterocycles. The number of carbonyl (C=O) groups excluding carboxylic acids is 1. The average Bonchev–Trinajstić information content (AvgIpc) is 3.02. The minimum Gasteiger partial charge on any atom is -0.393 e. The first-order valence-electron chi connectivity index (χ1n) is 7.32. The van der Waals surface area contributed by atoms with Gasteiger partial charge in [-0.2, -0.15) is 0 Å². The third kappa shape index (κ3) is 4.26. The molecular formula is C15H23Cl2N3O2. The van der Waals surface area contributed by atoms with Crippen LogP contribution < -0.4 is 10.3 Å². The van der Waals surface area contributed by atoms with Crippen molar-refractivity contribution >= 4 is 36.4 Å². The lowest BCUT2D eigenvalue weighted by Crippen LogP contribution is -2.37. The van der Waals surface area contributed by atoms with Crippen molar-refractivity contribution in [2.24, 2.45) is 0 Å². The van der Waals surface area contributed by atoms with Crippen LogP contribution in [0.1, 0.15) is 29.6 Å². The number of nitrogens with zero attached hydrogens (tertiary/aromatic N) is 2. The molecule has 0 radical (unpaired) electrons. The van der Waals surface area contributed by atoms with E-state index in [1.165, 1.54) is 0 Å². The molecule has 2 heterocycles. The predicted molar refractivity (Wildman–Crippen MR) is 92.0 cm³/mol. The van der Waals surface area contributed by atoms with Gasteiger partial charge in [0.05, 0.1) is 6.10 Å². The van der Waals surface area contributed by atoms with Crippen molar-refractivity contribution in [3.8, 4) is 0 Å². The summed E-state index contributed by atoms with van der Waals surface area (Å²) in [6.07, 6.45) is 2.49. The Labute approximate surface area is 143 Å². The van der Waals surface area contributed by atoms with Crippen molar-refractivity contribution in [2.45, 2.75) is 25.4 Å². The SMILES string of the molecule is Cl.Cl.O=C(c1ccc(N2CCC(O)CC2)cc1)N1CCCN1. The highest BCUT2D eigenvalue weighted by atomic mass is 35.5. The summed E-state index contributed by atoms with van der Waals surface area (Å²) >= 11 is 0. The highest BCUT2D eigenvalue weighted by Crippen LogP contribution is 2.21. The molecule has 0 aromatic heterocycles. The first kappa shape index (κ1) is 19.0. The van der Waals surface area contributed by atoms with Gasteiger partial charge in [-0.25, -0.2) is 5.43 Å². The van der Waals surface area contributed by atoms with Crippen molar-refractivity contribution in [2.75, 3.05) is 31.1 Å². The molecule has 7 heteroatoms. The fourth-order valence-electron chi connectivity index (χ4n) is 2.80. The van der Waals surface area contributed by atoms with Crippen LogP contribution in [0.15, 0.2) is 24.3 Å². The normalized spacial score (nSPS) is 18.6. The Morgan fingerprint density at radius 2 is 1.73 bits per heavy atom. The molecule has 2 fully saturated rings. The fraction of sp³-hybridized carbons (Fsp3) is 0.533. The fourth-order valence-corrected chi connectivity index (χ4v) is 2.80. The minimum absolute atomic E-state index is 0. The Kier molecular flexibility index (Phi) is 7.42. The molecule has 1 amide bonds. The molecule has 5 nitrogen and oxygen atoms in total. The number of carbonyl (C=O) groups is 1. The van der Waals surface area contributed by atoms with E-state index in [-0.39, 0.29) is 36.8 Å². The largest absolute Gasteiger partial charge is 0.393 e. The summed E-state index contributed by atoms with van der Waals surface area (Å²) in [5, 5.41) is 11.2. The van der Waals surface area contributed by atoms with E-state index in [4.69, 9.17) is 0 Å². The summed E-state index contributed by atoms with van der Waals surface area (Å²) in [7, 11) is 0. The maximum atomic E-state index is 12.2. The van der Waals surface area contributed by atoms with Gasteiger partial charge < -0.3 is 10.0 Å². The molecule has 1 aromatic rings. The van der Waals surface area contributed by atoms with Gasteiger partial charge in [0.15, 0.2) is 0 Å². The van der Waals surface area contributed by atoms with Crippen molar-refractivity contribution in [3.05, 3.63) is 29.8 Å². The molecule has 0 aliphatic carbocycles. The van der Waals surface area contributed by atoms with Crippen LogP contribution in [-0.2, 0) is 0 Å². The van der Waals surface area contributed by atoms with E-state index in [0.717, 1.165) is 56.7 Å². The molecule has 0 unspecified atom stereocenters. The van der Waals surface area contributed by atoms with Crippen LogP contribution in [-0.4, -0.2) is 48.3 Å². The number of piperidine rings is 1. The third-order valence-electron chi connectivity index (χ3n) is 4.05. The van der Waals surface area contributed by atoms with E-state index in [2.05, 4.69) is 10.3 Å². The molecule has 0 spiro atoms. The van der Waals surface area contributed by atoms with Crippen LogP contribution in [0.5, 0.6) is 0 Å². The molecule has 2 aliphatic rings. The third-order valence-corrected chi connectivity index (χ3v) is 4.05. The zero-order valence-electron chi connectivity index (χ0n) is 12.4. The number of halogens is 2. The molecule has 22 heavy (non-hydrogen) atoms. The Morgan fingerprint density at radius 1 is 1.09 bits per heavy atom. The minimum atomic E-state index is -0.159. The number of hydrogen-bond acceptors (Lipinski definition) is 4. The molecule has 0 atom stereocenters. The van der Waals surface area contributed by atoms with Gasteiger partial charge in [-0.1, -0.05) is 0 Å². The number of aliphatic hydroxyl groups excluding tert-OH is 1. The highest BCUT2D eigenvalue weighted by Gasteiger charge is 2.20. The monoisotopic (exact) mass is 347 g/mol. The molecule has 1 aromatic carbocycles. The second-order valence-corrected chi connectivity index (χ2v) is 5.48. The van der Waals surface area contributed by atoms with Crippen molar-refractivity contribution in [1.82, 2.24) is 10.4 Å². The quantitative estimate of drug-likeness (QED) is 0.857. The lowest BCUT2D eigenvalue weighted by molar-refractivity contribution is 0.0726. The van der Waals surface area contributed by atoms with Gasteiger partial charge in [0.25, 0.3) is 5.91 Å². The topological polar surface area (TPSA) is 55.8 Å². The second kappa shape index (κ2) is 8.58. The Bertz CT molecular complexity index is 470. The van der Waals surface area contributed by atoms with Crippen molar-refractivity contribution in [1.29, 1.82) is 0 Å². The molecule has 2 saturated heterocycles. The van der Waals surface area contributed by atoms with Crippen LogP contribution in [0, 0.1) is 0 Å². The number of hydrazine groups is 1. The zero-order valence-corrected chi connectivity index (χ0v) is 14.0. The summed E-state index contributed by atoms with van der Waals surface area (Å²) in [6.45, 7) is 3.41. The highest BCUT2D eigenvalue weighted by molar-refractivity contribution is 5.94. The average molecular weight is 348 g/mol. The van der Waals surface area contributed by atoms with Gasteiger partial charge in [0.2, 0.25) is 0 Å². The van der Waals surface area contributed by atoms with Gasteiger partial charge in [0, 0.05) is 37.4 Å². The summed E-state index contributed by atoms with van der Waals surface area (Å²) in [5.74, 6) is 0.0446. The maximum Gasteiger partial charge on any atom is 0.267 e. The van der Waals surface area contributed by atoms with Crippen LogP contribution in [0.2, 0.25) is 0 Å². The molecule has 0 saturated carbocycles. The maximum absolute atomic E-state index is 12.2. The van der Waals surface area contributed by atoms with Crippen molar-refractivity contribution in [3.63, 3.8) is 0 Å². The van der Waals surface area contributed by atoms with E-state index in [1.54, 1.807) is 5.01 Å². The molecular weight excluding hydrogens is 325 g/mol. The van der Waals surface area contributed by atoms with Gasteiger partial charge in [-0.3, -0.25) is 9.80 Å². The van der Waals surface area contributed by atoms with Crippen LogP contribution in [0.25, 0.3) is 0 Å². The molecule has 0 bridgehead atoms. The van der Waals surface area contributed by atoms with Crippen LogP contribution in [0.4, 0.5) is 5.69 Å². The summed E-state index contributed by atoms with van der Waals surface area (Å²) in [5.41, 5.74) is 4.93. The zero-order chi connectivity index (χ0) is 13.9. The second-order valence-electron chi connectivity index (χ2n) is 5.48.